The lowest BCUT2D eigenvalue weighted by atomic mass is 9.97. The van der Waals surface area contributed by atoms with Crippen molar-refractivity contribution in [2.24, 2.45) is 5.41 Å². The maximum Gasteiger partial charge on any atom is 0.157 e. The zero-order chi connectivity index (χ0) is 19.8. The number of hydrogen-bond donors (Lipinski definition) is 2. The molecule has 0 spiro atoms. The molecule has 2 N–H and O–H groups in total. The van der Waals surface area contributed by atoms with Crippen LogP contribution in [0.1, 0.15) is 24.0 Å². The number of ether oxygens (including phenoxy) is 1. The van der Waals surface area contributed by atoms with Crippen LogP contribution in [0.3, 0.4) is 0 Å². The van der Waals surface area contributed by atoms with E-state index in [-0.39, 0.29) is 12.2 Å². The van der Waals surface area contributed by atoms with Gasteiger partial charge < -0.3 is 9.72 Å². The van der Waals surface area contributed by atoms with Gasteiger partial charge in [-0.2, -0.15) is 10.4 Å². The van der Waals surface area contributed by atoms with Crippen molar-refractivity contribution in [2.75, 3.05) is 26.3 Å². The largest absolute Gasteiger partial charge is 0.379 e. The van der Waals surface area contributed by atoms with Crippen LogP contribution >= 0.6 is 0 Å². The standard InChI is InChI=1S/C21H22N6O2/c22-13-21(3-4-21)18(28)10-15-11-23-26-19(15)20-24-16-2-1-14(9-17(16)25-20)12-27-5-7-29-8-6-27/h1-2,9,11H,3-8,10,12H2,(H,23,26)(H,24,25). The molecule has 1 aromatic carbocycles. The molecular formula is C21H22N6O2. The first kappa shape index (κ1) is 18.0. The molecule has 1 aliphatic heterocycles. The lowest BCUT2D eigenvalue weighted by Gasteiger charge is -2.26. The predicted octanol–water partition coefficient (Wildman–Crippen LogP) is 2.20. The summed E-state index contributed by atoms with van der Waals surface area (Å²) in [5.74, 6) is 0.622. The highest BCUT2D eigenvalue weighted by Crippen LogP contribution is 2.46. The normalized spacial score (nSPS) is 18.6. The Labute approximate surface area is 167 Å². The van der Waals surface area contributed by atoms with Crippen molar-refractivity contribution in [3.05, 3.63) is 35.5 Å². The Bertz CT molecular complexity index is 1100. The van der Waals surface area contributed by atoms with Crippen molar-refractivity contribution in [3.8, 4) is 17.6 Å². The first-order valence-electron chi connectivity index (χ1n) is 9.93. The maximum atomic E-state index is 12.5. The van der Waals surface area contributed by atoms with E-state index in [1.54, 1.807) is 6.20 Å². The van der Waals surface area contributed by atoms with Crippen molar-refractivity contribution in [3.63, 3.8) is 0 Å². The number of carbonyl (C=O) groups is 1. The van der Waals surface area contributed by atoms with Gasteiger partial charge in [0.15, 0.2) is 11.6 Å². The molecule has 0 amide bonds. The second-order valence-electron chi connectivity index (χ2n) is 7.89. The van der Waals surface area contributed by atoms with E-state index in [1.807, 2.05) is 6.07 Å². The van der Waals surface area contributed by atoms with Gasteiger partial charge in [0.2, 0.25) is 0 Å². The highest BCUT2D eigenvalue weighted by molar-refractivity contribution is 5.92. The maximum absolute atomic E-state index is 12.5. The van der Waals surface area contributed by atoms with E-state index in [0.717, 1.165) is 49.4 Å². The third kappa shape index (κ3) is 3.43. The van der Waals surface area contributed by atoms with E-state index in [9.17, 15) is 10.1 Å². The third-order valence-electron chi connectivity index (χ3n) is 5.86. The number of morpholine rings is 1. The fourth-order valence-electron chi connectivity index (χ4n) is 3.86. The number of imidazole rings is 1. The smallest absolute Gasteiger partial charge is 0.157 e. The number of nitriles is 1. The van der Waals surface area contributed by atoms with Crippen LogP contribution in [-0.4, -0.2) is 57.2 Å². The number of Topliss-reactive ketones (excluding diaryl/α,β-unsaturated/α-hetero) is 1. The quantitative estimate of drug-likeness (QED) is 0.668. The van der Waals surface area contributed by atoms with Crippen LogP contribution in [0, 0.1) is 16.7 Å². The molecule has 5 rings (SSSR count). The average molecular weight is 390 g/mol. The number of nitrogens with zero attached hydrogens (tertiary/aromatic N) is 4. The summed E-state index contributed by atoms with van der Waals surface area (Å²) in [4.78, 5) is 22.9. The minimum atomic E-state index is -0.781. The van der Waals surface area contributed by atoms with E-state index in [0.29, 0.717) is 24.4 Å². The summed E-state index contributed by atoms with van der Waals surface area (Å²) in [6, 6.07) is 8.41. The first-order chi connectivity index (χ1) is 14.2. The fraction of sp³-hybridized carbons (Fsp3) is 0.429. The molecule has 1 saturated heterocycles. The molecule has 3 aromatic rings. The van der Waals surface area contributed by atoms with Crippen LogP contribution in [0.15, 0.2) is 24.4 Å². The molecule has 3 heterocycles. The van der Waals surface area contributed by atoms with E-state index >= 15 is 0 Å². The van der Waals surface area contributed by atoms with E-state index in [2.05, 4.69) is 43.3 Å². The number of rotatable bonds is 6. The molecule has 0 radical (unpaired) electrons. The van der Waals surface area contributed by atoms with Gasteiger partial charge in [0.1, 0.15) is 11.1 Å². The van der Waals surface area contributed by atoms with E-state index in [4.69, 9.17) is 4.74 Å². The van der Waals surface area contributed by atoms with Gasteiger partial charge in [0, 0.05) is 31.6 Å². The zero-order valence-corrected chi connectivity index (χ0v) is 16.1. The van der Waals surface area contributed by atoms with Crippen molar-refractivity contribution in [1.82, 2.24) is 25.1 Å². The Morgan fingerprint density at radius 2 is 2.14 bits per heavy atom. The van der Waals surface area contributed by atoms with Gasteiger partial charge in [-0.05, 0) is 30.5 Å². The topological polar surface area (TPSA) is 111 Å². The average Bonchev–Trinajstić information content (AvgIpc) is 3.23. The van der Waals surface area contributed by atoms with Gasteiger partial charge >= 0.3 is 0 Å². The molecule has 2 fully saturated rings. The molecule has 0 atom stereocenters. The Hall–Kier alpha value is -3.02. The second kappa shape index (κ2) is 7.10. The molecule has 0 unspecified atom stereocenters. The van der Waals surface area contributed by atoms with Gasteiger partial charge in [-0.25, -0.2) is 4.98 Å². The second-order valence-corrected chi connectivity index (χ2v) is 7.89. The van der Waals surface area contributed by atoms with Crippen molar-refractivity contribution >= 4 is 16.8 Å². The number of aromatic amines is 2. The Kier molecular flexibility index (Phi) is 4.42. The summed E-state index contributed by atoms with van der Waals surface area (Å²) in [5.41, 5.74) is 3.74. The fourth-order valence-corrected chi connectivity index (χ4v) is 3.86. The number of ketones is 1. The molecule has 8 heteroatoms. The van der Waals surface area contributed by atoms with Crippen LogP contribution in [0.2, 0.25) is 0 Å². The van der Waals surface area contributed by atoms with Crippen molar-refractivity contribution < 1.29 is 9.53 Å². The molecule has 1 saturated carbocycles. The first-order valence-corrected chi connectivity index (χ1v) is 9.93. The molecule has 2 aromatic heterocycles. The van der Waals surface area contributed by atoms with Crippen LogP contribution < -0.4 is 0 Å². The van der Waals surface area contributed by atoms with E-state index < -0.39 is 5.41 Å². The van der Waals surface area contributed by atoms with Gasteiger partial charge in [-0.3, -0.25) is 14.8 Å². The van der Waals surface area contributed by atoms with Gasteiger partial charge in [-0.1, -0.05) is 6.07 Å². The summed E-state index contributed by atoms with van der Waals surface area (Å²) >= 11 is 0. The van der Waals surface area contributed by atoms with Gasteiger partial charge in [0.05, 0.1) is 36.5 Å². The molecule has 8 nitrogen and oxygen atoms in total. The highest BCUT2D eigenvalue weighted by atomic mass is 16.5. The summed E-state index contributed by atoms with van der Waals surface area (Å²) in [5, 5.41) is 16.3. The number of benzene rings is 1. The minimum absolute atomic E-state index is 0.0356. The molecule has 29 heavy (non-hydrogen) atoms. The molecule has 1 aliphatic carbocycles. The van der Waals surface area contributed by atoms with Gasteiger partial charge in [-0.15, -0.1) is 0 Å². The van der Waals surface area contributed by atoms with Crippen LogP contribution in [0.25, 0.3) is 22.6 Å². The summed E-state index contributed by atoms with van der Waals surface area (Å²) in [6.45, 7) is 4.34. The predicted molar refractivity (Wildman–Crippen MR) is 106 cm³/mol. The highest BCUT2D eigenvalue weighted by Gasteiger charge is 2.50. The summed E-state index contributed by atoms with van der Waals surface area (Å²) in [7, 11) is 0. The molecule has 0 bridgehead atoms. The Morgan fingerprint density at radius 1 is 1.31 bits per heavy atom. The van der Waals surface area contributed by atoms with Crippen LogP contribution in [0.5, 0.6) is 0 Å². The summed E-state index contributed by atoms with van der Waals surface area (Å²) < 4.78 is 5.41. The monoisotopic (exact) mass is 390 g/mol. The Morgan fingerprint density at radius 3 is 2.90 bits per heavy atom. The lowest BCUT2D eigenvalue weighted by molar-refractivity contribution is -0.121. The summed E-state index contributed by atoms with van der Waals surface area (Å²) in [6.07, 6.45) is 3.16. The number of fused-ring (bicyclic) bond motifs is 1. The Balaban J connectivity index is 1.38. The number of carbonyl (C=O) groups excluding carboxylic acids is 1. The third-order valence-corrected chi connectivity index (χ3v) is 5.86. The lowest BCUT2D eigenvalue weighted by Crippen LogP contribution is -2.35. The molecule has 2 aliphatic rings. The van der Waals surface area contributed by atoms with Gasteiger partial charge in [0.25, 0.3) is 0 Å². The van der Waals surface area contributed by atoms with Crippen molar-refractivity contribution in [1.29, 1.82) is 5.26 Å². The number of H-pyrrole nitrogens is 2. The molecular weight excluding hydrogens is 368 g/mol. The SMILES string of the molecule is N#CC1(C(=O)Cc2cn[nH]c2-c2nc3ccc(CN4CCOCC4)cc3[nH]2)CC1. The number of hydrogen-bond acceptors (Lipinski definition) is 6. The van der Waals surface area contributed by atoms with E-state index in [1.165, 1.54) is 5.56 Å². The van der Waals surface area contributed by atoms with Crippen molar-refractivity contribution in [2.45, 2.75) is 25.8 Å². The van der Waals surface area contributed by atoms with Crippen LogP contribution in [-0.2, 0) is 22.5 Å². The zero-order valence-electron chi connectivity index (χ0n) is 16.1. The number of nitrogens with one attached hydrogen (secondary N) is 2. The molecule has 148 valence electrons. The minimum Gasteiger partial charge on any atom is -0.379 e. The number of aromatic nitrogens is 4. The van der Waals surface area contributed by atoms with Crippen LogP contribution in [0.4, 0.5) is 0 Å².